The van der Waals surface area contributed by atoms with E-state index in [4.69, 9.17) is 14.2 Å². The van der Waals surface area contributed by atoms with E-state index >= 15 is 0 Å². The van der Waals surface area contributed by atoms with E-state index in [2.05, 4.69) is 81.5 Å². The summed E-state index contributed by atoms with van der Waals surface area (Å²) in [5.74, 6) is -0.854. The van der Waals surface area contributed by atoms with Crippen LogP contribution < -0.4 is 0 Å². The van der Waals surface area contributed by atoms with Crippen LogP contribution in [0.3, 0.4) is 0 Å². The van der Waals surface area contributed by atoms with Crippen molar-refractivity contribution < 1.29 is 28.6 Å². The maximum Gasteiger partial charge on any atom is 0.306 e. The molecule has 77 heavy (non-hydrogen) atoms. The Kier molecular flexibility index (Phi) is 63.2. The fourth-order valence-electron chi connectivity index (χ4n) is 10.0. The maximum atomic E-state index is 12.9. The first-order chi connectivity index (χ1) is 38.0. The highest BCUT2D eigenvalue weighted by molar-refractivity contribution is 5.71. The van der Waals surface area contributed by atoms with Gasteiger partial charge in [-0.2, -0.15) is 0 Å². The Bertz CT molecular complexity index is 1380. The molecule has 6 nitrogen and oxygen atoms in total. The Morgan fingerprint density at radius 1 is 0.273 bits per heavy atom. The summed E-state index contributed by atoms with van der Waals surface area (Å²) in [5, 5.41) is 0. The zero-order valence-electron chi connectivity index (χ0n) is 51.5. The van der Waals surface area contributed by atoms with Crippen molar-refractivity contribution in [2.24, 2.45) is 0 Å². The predicted molar refractivity (Wildman–Crippen MR) is 335 cm³/mol. The van der Waals surface area contributed by atoms with E-state index in [1.54, 1.807) is 0 Å². The minimum Gasteiger partial charge on any atom is -0.462 e. The molecule has 0 radical (unpaired) electrons. The lowest BCUT2D eigenvalue weighted by molar-refractivity contribution is -0.167. The van der Waals surface area contributed by atoms with Gasteiger partial charge >= 0.3 is 17.9 Å². The number of carbonyl (C=O) groups excluding carboxylic acids is 3. The van der Waals surface area contributed by atoms with Crippen molar-refractivity contribution in [3.05, 3.63) is 60.8 Å². The van der Waals surface area contributed by atoms with Crippen LogP contribution in [0.4, 0.5) is 0 Å². The summed E-state index contributed by atoms with van der Waals surface area (Å²) in [6, 6.07) is 0. The van der Waals surface area contributed by atoms with Gasteiger partial charge in [0.05, 0.1) is 0 Å². The molecule has 0 fully saturated rings. The van der Waals surface area contributed by atoms with Gasteiger partial charge in [-0.25, -0.2) is 0 Å². The second-order valence-electron chi connectivity index (χ2n) is 22.7. The Morgan fingerprint density at radius 2 is 0.506 bits per heavy atom. The van der Waals surface area contributed by atoms with Crippen molar-refractivity contribution >= 4 is 17.9 Å². The number of unbranched alkanes of at least 4 members (excludes halogenated alkanes) is 41. The van der Waals surface area contributed by atoms with Crippen LogP contribution in [0.5, 0.6) is 0 Å². The maximum absolute atomic E-state index is 12.9. The SMILES string of the molecule is CC/C=C\C/C=C\C/C=C\C/C=C\C/C=C\CCCCCCCCCCCC(=O)OCC(COC(=O)CCCCCCCCCCCCCC)OC(=O)CCCCCCCCCCCCCCCCCCCCCCCC. The van der Waals surface area contributed by atoms with Crippen LogP contribution in [0.2, 0.25) is 0 Å². The average Bonchev–Trinajstić information content (AvgIpc) is 3.43. The third-order valence-corrected chi connectivity index (χ3v) is 15.0. The minimum absolute atomic E-state index is 0.0706. The van der Waals surface area contributed by atoms with Gasteiger partial charge in [0.25, 0.3) is 0 Å². The molecule has 0 rings (SSSR count). The normalized spacial score (nSPS) is 12.4. The van der Waals surface area contributed by atoms with Crippen molar-refractivity contribution in [2.45, 2.75) is 361 Å². The molecular weight excluding hydrogens is 949 g/mol. The smallest absolute Gasteiger partial charge is 0.306 e. The van der Waals surface area contributed by atoms with Gasteiger partial charge in [-0.1, -0.05) is 332 Å². The summed E-state index contributed by atoms with van der Waals surface area (Å²) < 4.78 is 17.0. The van der Waals surface area contributed by atoms with E-state index in [9.17, 15) is 14.4 Å². The quantitative estimate of drug-likeness (QED) is 0.0261. The summed E-state index contributed by atoms with van der Waals surface area (Å²) in [6.45, 7) is 6.58. The molecular formula is C71H128O6. The van der Waals surface area contributed by atoms with Crippen LogP contribution >= 0.6 is 0 Å². The van der Waals surface area contributed by atoms with Crippen LogP contribution in [0.1, 0.15) is 355 Å². The number of allylic oxidation sites excluding steroid dienone is 10. The fourth-order valence-corrected chi connectivity index (χ4v) is 10.0. The summed E-state index contributed by atoms with van der Waals surface area (Å²) >= 11 is 0. The van der Waals surface area contributed by atoms with E-state index < -0.39 is 6.10 Å². The largest absolute Gasteiger partial charge is 0.462 e. The molecule has 448 valence electrons. The number of hydrogen-bond acceptors (Lipinski definition) is 6. The van der Waals surface area contributed by atoms with Crippen LogP contribution in [-0.4, -0.2) is 37.2 Å². The zero-order valence-corrected chi connectivity index (χ0v) is 51.5. The Labute approximate surface area is 479 Å². The lowest BCUT2D eigenvalue weighted by Gasteiger charge is -2.18. The highest BCUT2D eigenvalue weighted by Gasteiger charge is 2.19. The third kappa shape index (κ3) is 63.8. The second-order valence-corrected chi connectivity index (χ2v) is 22.7. The van der Waals surface area contributed by atoms with Crippen molar-refractivity contribution in [3.8, 4) is 0 Å². The number of carbonyl (C=O) groups is 3. The minimum atomic E-state index is -0.774. The van der Waals surface area contributed by atoms with Crippen molar-refractivity contribution in [1.82, 2.24) is 0 Å². The van der Waals surface area contributed by atoms with Crippen LogP contribution in [0, 0.1) is 0 Å². The number of hydrogen-bond donors (Lipinski definition) is 0. The molecule has 0 bridgehead atoms. The molecule has 0 spiro atoms. The first kappa shape index (κ1) is 74.1. The van der Waals surface area contributed by atoms with Gasteiger partial charge in [-0.15, -0.1) is 0 Å². The molecule has 0 aromatic heterocycles. The van der Waals surface area contributed by atoms with Crippen LogP contribution in [-0.2, 0) is 28.6 Å². The van der Waals surface area contributed by atoms with Crippen LogP contribution in [0.15, 0.2) is 60.8 Å². The van der Waals surface area contributed by atoms with E-state index in [-0.39, 0.29) is 31.1 Å². The van der Waals surface area contributed by atoms with Crippen molar-refractivity contribution in [2.75, 3.05) is 13.2 Å². The molecule has 0 amide bonds. The average molecular weight is 1080 g/mol. The van der Waals surface area contributed by atoms with Gasteiger partial charge in [0, 0.05) is 19.3 Å². The Hall–Kier alpha value is -2.89. The molecule has 0 aliphatic carbocycles. The molecule has 0 aliphatic heterocycles. The molecule has 0 saturated carbocycles. The summed E-state index contributed by atoms with van der Waals surface area (Å²) in [5.41, 5.74) is 0. The molecule has 0 saturated heterocycles. The lowest BCUT2D eigenvalue weighted by Crippen LogP contribution is -2.30. The van der Waals surface area contributed by atoms with Crippen LogP contribution in [0.25, 0.3) is 0 Å². The monoisotopic (exact) mass is 1080 g/mol. The van der Waals surface area contributed by atoms with E-state index in [0.717, 1.165) is 96.3 Å². The zero-order chi connectivity index (χ0) is 55.7. The highest BCUT2D eigenvalue weighted by atomic mass is 16.6. The fraction of sp³-hybridized carbons (Fsp3) is 0.817. The molecule has 0 N–H and O–H groups in total. The molecule has 6 heteroatoms. The first-order valence-electron chi connectivity index (χ1n) is 33.8. The number of rotatable bonds is 62. The second kappa shape index (κ2) is 65.6. The Balaban J connectivity index is 4.26. The summed E-state index contributed by atoms with van der Waals surface area (Å²) in [4.78, 5) is 38.4. The lowest BCUT2D eigenvalue weighted by atomic mass is 10.0. The van der Waals surface area contributed by atoms with E-state index in [0.29, 0.717) is 19.3 Å². The van der Waals surface area contributed by atoms with Gasteiger partial charge in [-0.05, 0) is 64.2 Å². The molecule has 1 atom stereocenters. The van der Waals surface area contributed by atoms with Gasteiger partial charge in [0.15, 0.2) is 6.10 Å². The highest BCUT2D eigenvalue weighted by Crippen LogP contribution is 2.18. The molecule has 0 aromatic carbocycles. The Morgan fingerprint density at radius 3 is 0.792 bits per heavy atom. The standard InChI is InChI=1S/C71H128O6/c1-4-7-10-13-16-19-22-25-27-29-31-33-35-36-37-39-40-42-44-46-49-52-55-58-61-64-70(73)76-67-68(66-75-69(72)63-60-57-54-51-48-24-21-18-15-12-9-6-3)77-71(74)65-62-59-56-53-50-47-45-43-41-38-34-32-30-28-26-23-20-17-14-11-8-5-2/h7,10,16,19,25,27,31,33,36-37,68H,4-6,8-9,11-15,17-18,20-24,26,28-30,32,34-35,38-67H2,1-3H3/b10-7-,19-16-,27-25-,33-31-,37-36-. The predicted octanol–water partition coefficient (Wildman–Crippen LogP) is 23.1. The van der Waals surface area contributed by atoms with Crippen molar-refractivity contribution in [3.63, 3.8) is 0 Å². The molecule has 0 aliphatic rings. The van der Waals surface area contributed by atoms with Gasteiger partial charge < -0.3 is 14.2 Å². The van der Waals surface area contributed by atoms with Gasteiger partial charge in [0.2, 0.25) is 0 Å². The molecule has 0 aromatic rings. The van der Waals surface area contributed by atoms with Crippen molar-refractivity contribution in [1.29, 1.82) is 0 Å². The van der Waals surface area contributed by atoms with E-state index in [1.165, 1.54) is 218 Å². The third-order valence-electron chi connectivity index (χ3n) is 15.0. The molecule has 1 unspecified atom stereocenters. The number of esters is 3. The van der Waals surface area contributed by atoms with Gasteiger partial charge in [0.1, 0.15) is 13.2 Å². The molecule has 0 heterocycles. The first-order valence-corrected chi connectivity index (χ1v) is 33.8. The van der Waals surface area contributed by atoms with Gasteiger partial charge in [-0.3, -0.25) is 14.4 Å². The summed E-state index contributed by atoms with van der Waals surface area (Å²) in [6.07, 6.45) is 83.8. The topological polar surface area (TPSA) is 78.9 Å². The number of ether oxygens (including phenoxy) is 3. The summed E-state index contributed by atoms with van der Waals surface area (Å²) in [7, 11) is 0. The van der Waals surface area contributed by atoms with E-state index in [1.807, 2.05) is 0 Å².